The number of nitrogens with two attached hydrogens (primary N) is 1. The third-order valence-corrected chi connectivity index (χ3v) is 3.95. The minimum Gasteiger partial charge on any atom is -0.493 e. The molecule has 0 saturated heterocycles. The molecule has 0 saturated carbocycles. The van der Waals surface area contributed by atoms with Crippen LogP contribution in [0.5, 0.6) is 11.5 Å². The summed E-state index contributed by atoms with van der Waals surface area (Å²) < 4.78 is 10.6. The first-order valence-corrected chi connectivity index (χ1v) is 7.66. The Morgan fingerprint density at radius 1 is 1.08 bits per heavy atom. The molecule has 0 amide bonds. The number of nitrogen functional groups attached to an aromatic ring is 1. The van der Waals surface area contributed by atoms with Crippen LogP contribution in [0.4, 0.5) is 5.69 Å². The number of anilines is 1. The van der Waals surface area contributed by atoms with Gasteiger partial charge >= 0.3 is 0 Å². The molecule has 0 atom stereocenters. The van der Waals surface area contributed by atoms with Crippen molar-refractivity contribution in [1.29, 1.82) is 0 Å². The monoisotopic (exact) mass is 344 g/mol. The first-order valence-electron chi connectivity index (χ1n) is 7.28. The van der Waals surface area contributed by atoms with E-state index in [1.54, 1.807) is 26.4 Å². The Balaban J connectivity index is 1.82. The number of nitrogens with zero attached hydrogens (tertiary/aromatic N) is 2. The zero-order chi connectivity index (χ0) is 17.1. The van der Waals surface area contributed by atoms with E-state index in [9.17, 15) is 0 Å². The van der Waals surface area contributed by atoms with E-state index in [1.807, 2.05) is 24.3 Å². The first kappa shape index (κ1) is 16.1. The van der Waals surface area contributed by atoms with E-state index >= 15 is 0 Å². The topological polar surface area (TPSA) is 86.0 Å². The maximum Gasteiger partial charge on any atom is 0.181 e. The molecule has 2 aromatic carbocycles. The van der Waals surface area contributed by atoms with Crippen molar-refractivity contribution in [3.05, 3.63) is 52.8 Å². The van der Waals surface area contributed by atoms with Crippen molar-refractivity contribution >= 4 is 17.3 Å². The number of hydrogen-bond donors (Lipinski definition) is 2. The van der Waals surface area contributed by atoms with Crippen LogP contribution in [0.25, 0.3) is 11.4 Å². The number of rotatable bonds is 5. The Hall–Kier alpha value is -2.73. The number of nitrogens with one attached hydrogen (secondary N) is 1. The van der Waals surface area contributed by atoms with Crippen molar-refractivity contribution in [2.24, 2.45) is 0 Å². The van der Waals surface area contributed by atoms with Crippen molar-refractivity contribution in [3.8, 4) is 22.9 Å². The third kappa shape index (κ3) is 3.28. The molecule has 0 spiro atoms. The zero-order valence-corrected chi connectivity index (χ0v) is 14.1. The maximum absolute atomic E-state index is 5.94. The second kappa shape index (κ2) is 6.80. The Kier molecular flexibility index (Phi) is 4.57. The summed E-state index contributed by atoms with van der Waals surface area (Å²) >= 11 is 5.94. The molecule has 0 aliphatic carbocycles. The molecular formula is C17H17ClN4O2. The average Bonchev–Trinajstić information content (AvgIpc) is 3.05. The lowest BCUT2D eigenvalue weighted by atomic mass is 10.1. The standard InChI is InChI=1S/C17H17ClN4O2/c1-23-14-6-3-10(7-15(14)24-2)8-16-20-17(22-21-16)11-4-5-12(18)13(19)9-11/h3-7,9H,8,19H2,1-2H3,(H,20,21,22). The quantitative estimate of drug-likeness (QED) is 0.693. The highest BCUT2D eigenvalue weighted by molar-refractivity contribution is 6.33. The van der Waals surface area contributed by atoms with E-state index in [0.29, 0.717) is 34.5 Å². The minimum absolute atomic E-state index is 0.500. The van der Waals surface area contributed by atoms with Crippen LogP contribution in [0.15, 0.2) is 36.4 Å². The highest BCUT2D eigenvalue weighted by Crippen LogP contribution is 2.28. The van der Waals surface area contributed by atoms with Crippen LogP contribution in [0.2, 0.25) is 5.02 Å². The number of benzene rings is 2. The summed E-state index contributed by atoms with van der Waals surface area (Å²) in [4.78, 5) is 4.51. The van der Waals surface area contributed by atoms with E-state index < -0.39 is 0 Å². The zero-order valence-electron chi connectivity index (χ0n) is 13.3. The van der Waals surface area contributed by atoms with Crippen LogP contribution in [-0.4, -0.2) is 29.4 Å². The highest BCUT2D eigenvalue weighted by Gasteiger charge is 2.10. The molecular weight excluding hydrogens is 328 g/mol. The van der Waals surface area contributed by atoms with Crippen molar-refractivity contribution in [2.45, 2.75) is 6.42 Å². The second-order valence-electron chi connectivity index (χ2n) is 5.21. The van der Waals surface area contributed by atoms with Gasteiger partial charge in [0.25, 0.3) is 0 Å². The molecule has 3 N–H and O–H groups in total. The average molecular weight is 345 g/mol. The van der Waals surface area contributed by atoms with E-state index in [4.69, 9.17) is 26.8 Å². The van der Waals surface area contributed by atoms with Gasteiger partial charge in [-0.3, -0.25) is 5.10 Å². The number of H-pyrrole nitrogens is 1. The normalized spacial score (nSPS) is 10.6. The van der Waals surface area contributed by atoms with Gasteiger partial charge in [0.1, 0.15) is 5.82 Å². The van der Waals surface area contributed by atoms with E-state index in [0.717, 1.165) is 17.0 Å². The Morgan fingerprint density at radius 3 is 2.58 bits per heavy atom. The predicted octanol–water partition coefficient (Wildman–Crippen LogP) is 3.32. The lowest BCUT2D eigenvalue weighted by molar-refractivity contribution is 0.354. The lowest BCUT2D eigenvalue weighted by Crippen LogP contribution is -1.95. The van der Waals surface area contributed by atoms with Crippen molar-refractivity contribution in [2.75, 3.05) is 20.0 Å². The van der Waals surface area contributed by atoms with Crippen LogP contribution in [-0.2, 0) is 6.42 Å². The van der Waals surface area contributed by atoms with Crippen LogP contribution < -0.4 is 15.2 Å². The number of hydrogen-bond acceptors (Lipinski definition) is 5. The highest BCUT2D eigenvalue weighted by atomic mass is 35.5. The number of aromatic amines is 1. The summed E-state index contributed by atoms with van der Waals surface area (Å²) in [5.41, 5.74) is 8.17. The predicted molar refractivity (Wildman–Crippen MR) is 93.6 cm³/mol. The molecule has 0 bridgehead atoms. The van der Waals surface area contributed by atoms with Gasteiger partial charge in [0.15, 0.2) is 17.3 Å². The van der Waals surface area contributed by atoms with Crippen LogP contribution >= 0.6 is 11.6 Å². The smallest absolute Gasteiger partial charge is 0.181 e. The van der Waals surface area contributed by atoms with Gasteiger partial charge in [-0.2, -0.15) is 5.10 Å². The molecule has 0 aliphatic heterocycles. The number of aromatic nitrogens is 3. The number of halogens is 1. The van der Waals surface area contributed by atoms with E-state index in [-0.39, 0.29) is 0 Å². The van der Waals surface area contributed by atoms with Gasteiger partial charge in [0.2, 0.25) is 0 Å². The summed E-state index contributed by atoms with van der Waals surface area (Å²) in [5.74, 6) is 2.69. The molecule has 124 valence electrons. The van der Waals surface area contributed by atoms with Crippen molar-refractivity contribution in [1.82, 2.24) is 15.2 Å². The Morgan fingerprint density at radius 2 is 1.88 bits per heavy atom. The Labute approximate surface area is 144 Å². The second-order valence-corrected chi connectivity index (χ2v) is 5.62. The maximum atomic E-state index is 5.94. The lowest BCUT2D eigenvalue weighted by Gasteiger charge is -2.08. The van der Waals surface area contributed by atoms with Gasteiger partial charge in [0.05, 0.1) is 24.9 Å². The molecule has 3 aromatic rings. The first-order chi connectivity index (χ1) is 11.6. The molecule has 1 aromatic heterocycles. The molecule has 0 radical (unpaired) electrons. The van der Waals surface area contributed by atoms with Gasteiger partial charge in [0, 0.05) is 12.0 Å². The molecule has 0 aliphatic rings. The summed E-state index contributed by atoms with van der Waals surface area (Å²) in [7, 11) is 3.22. The molecule has 1 heterocycles. The molecule has 6 nitrogen and oxygen atoms in total. The van der Waals surface area contributed by atoms with Crippen LogP contribution in [0.1, 0.15) is 11.4 Å². The number of methoxy groups -OCH3 is 2. The summed E-state index contributed by atoms with van der Waals surface area (Å²) in [6.07, 6.45) is 0.594. The van der Waals surface area contributed by atoms with E-state index in [2.05, 4.69) is 15.2 Å². The summed E-state index contributed by atoms with van der Waals surface area (Å²) in [6.45, 7) is 0. The van der Waals surface area contributed by atoms with Gasteiger partial charge in [-0.25, -0.2) is 4.98 Å². The third-order valence-electron chi connectivity index (χ3n) is 3.61. The fraction of sp³-hybridized carbons (Fsp3) is 0.176. The molecule has 7 heteroatoms. The molecule has 0 fully saturated rings. The minimum atomic E-state index is 0.500. The van der Waals surface area contributed by atoms with E-state index in [1.165, 1.54) is 0 Å². The largest absolute Gasteiger partial charge is 0.493 e. The molecule has 0 unspecified atom stereocenters. The van der Waals surface area contributed by atoms with Gasteiger partial charge in [-0.15, -0.1) is 0 Å². The van der Waals surface area contributed by atoms with Crippen molar-refractivity contribution < 1.29 is 9.47 Å². The van der Waals surface area contributed by atoms with Gasteiger partial charge in [-0.05, 0) is 35.9 Å². The fourth-order valence-corrected chi connectivity index (χ4v) is 2.49. The van der Waals surface area contributed by atoms with Crippen LogP contribution in [0.3, 0.4) is 0 Å². The SMILES string of the molecule is COc1ccc(Cc2nc(-c3ccc(Cl)c(N)c3)n[nH]2)cc1OC. The van der Waals surface area contributed by atoms with Crippen LogP contribution in [0, 0.1) is 0 Å². The summed E-state index contributed by atoms with van der Waals surface area (Å²) in [6, 6.07) is 11.1. The summed E-state index contributed by atoms with van der Waals surface area (Å²) in [5, 5.41) is 7.70. The van der Waals surface area contributed by atoms with Crippen molar-refractivity contribution in [3.63, 3.8) is 0 Å². The Bertz CT molecular complexity index is 864. The fourth-order valence-electron chi connectivity index (χ4n) is 2.37. The van der Waals surface area contributed by atoms with Gasteiger partial charge in [-0.1, -0.05) is 17.7 Å². The van der Waals surface area contributed by atoms with Gasteiger partial charge < -0.3 is 15.2 Å². The number of ether oxygens (including phenoxy) is 2. The molecule has 3 rings (SSSR count). The molecule has 24 heavy (non-hydrogen) atoms.